The second-order valence-electron chi connectivity index (χ2n) is 1.58. The van der Waals surface area contributed by atoms with Crippen LogP contribution in [0.3, 0.4) is 0 Å². The monoisotopic (exact) mass is 232 g/mol. The molecule has 0 aromatic rings. The van der Waals surface area contributed by atoms with E-state index in [2.05, 4.69) is 13.6 Å². The summed E-state index contributed by atoms with van der Waals surface area (Å²) < 4.78 is 23.5. The molecule has 0 radical (unpaired) electrons. The smallest absolute Gasteiger partial charge is 0.331 e. The molecule has 0 spiro atoms. The predicted molar refractivity (Wildman–Crippen MR) is 54.8 cm³/mol. The lowest BCUT2D eigenvalue weighted by Gasteiger charge is -2.05. The summed E-state index contributed by atoms with van der Waals surface area (Å²) in [6.07, 6.45) is 0. The van der Waals surface area contributed by atoms with Gasteiger partial charge in [-0.3, -0.25) is 0 Å². The molecule has 0 unspecified atom stereocenters. The molecule has 0 aromatic carbocycles. The fourth-order valence-electron chi connectivity index (χ4n) is 0.298. The molecule has 0 aromatic heterocycles. The van der Waals surface area contributed by atoms with Gasteiger partial charge in [0.25, 0.3) is 0 Å². The highest BCUT2D eigenvalue weighted by Gasteiger charge is 2.00. The Balaban J connectivity index is 0. The summed E-state index contributed by atoms with van der Waals surface area (Å²) in [4.78, 5) is 0. The molecule has 0 saturated heterocycles. The van der Waals surface area contributed by atoms with Crippen LogP contribution in [-0.2, 0) is 22.6 Å². The van der Waals surface area contributed by atoms with Crippen LogP contribution < -0.4 is 0 Å². The second-order valence-corrected chi connectivity index (χ2v) is 4.73. The molecular formula is C6H18O5P2. The van der Waals surface area contributed by atoms with Crippen LogP contribution in [0.2, 0.25) is 0 Å². The molecule has 82 valence electrons. The van der Waals surface area contributed by atoms with Crippen LogP contribution in [0.5, 0.6) is 0 Å². The normalized spacial score (nSPS) is 10.2. The summed E-state index contributed by atoms with van der Waals surface area (Å²) in [5, 5.41) is 0. The molecule has 0 fully saturated rings. The molecule has 0 amide bonds. The van der Waals surface area contributed by atoms with Crippen molar-refractivity contribution in [2.45, 2.75) is 0 Å². The first kappa shape index (κ1) is 16.1. The zero-order valence-corrected chi connectivity index (χ0v) is 10.7. The summed E-state index contributed by atoms with van der Waals surface area (Å²) in [6, 6.07) is 0. The van der Waals surface area contributed by atoms with E-state index < -0.39 is 17.0 Å². The van der Waals surface area contributed by atoms with Crippen molar-refractivity contribution in [3.05, 3.63) is 0 Å². The molecule has 13 heavy (non-hydrogen) atoms. The van der Waals surface area contributed by atoms with E-state index in [-0.39, 0.29) is 0 Å². The zero-order chi connectivity index (χ0) is 10.7. The highest BCUT2D eigenvalue weighted by Crippen LogP contribution is 2.35. The van der Waals surface area contributed by atoms with Crippen LogP contribution in [0.1, 0.15) is 0 Å². The van der Waals surface area contributed by atoms with Crippen LogP contribution in [0.25, 0.3) is 0 Å². The number of rotatable bonds is 5. The van der Waals surface area contributed by atoms with Gasteiger partial charge < -0.3 is 22.6 Å². The quantitative estimate of drug-likeness (QED) is 0.681. The van der Waals surface area contributed by atoms with Gasteiger partial charge in [-0.05, 0) is 0 Å². The highest BCUT2D eigenvalue weighted by atomic mass is 31.2. The first-order chi connectivity index (χ1) is 6.15. The molecule has 0 aliphatic heterocycles. The van der Waals surface area contributed by atoms with E-state index in [1.54, 1.807) is 35.5 Å². The summed E-state index contributed by atoms with van der Waals surface area (Å²) >= 11 is 0. The molecule has 0 rings (SSSR count). The predicted octanol–water partition coefficient (Wildman–Crippen LogP) is 2.37. The van der Waals surface area contributed by atoms with Crippen molar-refractivity contribution in [3.8, 4) is 0 Å². The van der Waals surface area contributed by atoms with Gasteiger partial charge in [0, 0.05) is 42.2 Å². The first-order valence-electron chi connectivity index (χ1n) is 3.40. The fraction of sp³-hybridized carbons (Fsp3) is 1.00. The van der Waals surface area contributed by atoms with Crippen LogP contribution >= 0.6 is 17.0 Å². The summed E-state index contributed by atoms with van der Waals surface area (Å²) in [7, 11) is 6.26. The summed E-state index contributed by atoms with van der Waals surface area (Å²) in [5.41, 5.74) is 0. The molecule has 0 saturated carbocycles. The summed E-state index contributed by atoms with van der Waals surface area (Å²) in [5.74, 6) is 0. The molecule has 0 aliphatic carbocycles. The van der Waals surface area contributed by atoms with Gasteiger partial charge in [-0.25, -0.2) is 0 Å². The molecule has 0 atom stereocenters. The minimum Gasteiger partial charge on any atom is -0.338 e. The minimum absolute atomic E-state index is 0.576. The largest absolute Gasteiger partial charge is 0.338 e. The fourth-order valence-corrected chi connectivity index (χ4v) is 0.894. The lowest BCUT2D eigenvalue weighted by Crippen LogP contribution is -1.81. The Morgan fingerprint density at radius 1 is 0.615 bits per heavy atom. The first-order valence-corrected chi connectivity index (χ1v) is 6.12. The lowest BCUT2D eigenvalue weighted by molar-refractivity contribution is 0.239. The van der Waals surface area contributed by atoms with E-state index >= 15 is 0 Å². The Hall–Kier alpha value is 0.660. The van der Waals surface area contributed by atoms with Crippen LogP contribution in [0, 0.1) is 0 Å². The minimum atomic E-state index is -1.05. The molecule has 0 N–H and O–H groups in total. The van der Waals surface area contributed by atoms with Crippen molar-refractivity contribution in [1.82, 2.24) is 0 Å². The zero-order valence-electron chi connectivity index (χ0n) is 8.94. The van der Waals surface area contributed by atoms with E-state index in [4.69, 9.17) is 9.05 Å². The Kier molecular flexibility index (Phi) is 15.7. The SMILES string of the molecule is COP(C)OC.COP(OC)OC. The molecule has 0 heterocycles. The Morgan fingerprint density at radius 2 is 0.923 bits per heavy atom. The van der Waals surface area contributed by atoms with Gasteiger partial charge in [-0.2, -0.15) is 0 Å². The molecule has 0 bridgehead atoms. The molecule has 5 nitrogen and oxygen atoms in total. The van der Waals surface area contributed by atoms with Gasteiger partial charge in [0.1, 0.15) is 0 Å². The van der Waals surface area contributed by atoms with Crippen molar-refractivity contribution in [2.24, 2.45) is 0 Å². The second kappa shape index (κ2) is 12.7. The third kappa shape index (κ3) is 12.7. The van der Waals surface area contributed by atoms with E-state index in [0.717, 1.165) is 0 Å². The average molecular weight is 232 g/mol. The van der Waals surface area contributed by atoms with Gasteiger partial charge in [0.2, 0.25) is 0 Å². The van der Waals surface area contributed by atoms with Crippen molar-refractivity contribution in [1.29, 1.82) is 0 Å². The standard InChI is InChI=1S/C3H9O3P.C3H9O2P/c1-4-7(5-2)6-3;1-4-6(3)5-2/h1-3H3;1-3H3. The number of hydrogen-bond acceptors (Lipinski definition) is 5. The van der Waals surface area contributed by atoms with Gasteiger partial charge in [-0.15, -0.1) is 0 Å². The topological polar surface area (TPSA) is 46.2 Å². The maximum Gasteiger partial charge on any atom is 0.331 e. The van der Waals surface area contributed by atoms with Gasteiger partial charge in [0.15, 0.2) is 8.38 Å². The Bertz CT molecular complexity index is 81.6. The van der Waals surface area contributed by atoms with Crippen LogP contribution in [0.15, 0.2) is 0 Å². The van der Waals surface area contributed by atoms with Crippen molar-refractivity contribution >= 4 is 17.0 Å². The van der Waals surface area contributed by atoms with Crippen molar-refractivity contribution in [2.75, 3.05) is 42.2 Å². The van der Waals surface area contributed by atoms with E-state index in [1.165, 1.54) is 0 Å². The van der Waals surface area contributed by atoms with Crippen LogP contribution in [-0.4, -0.2) is 42.2 Å². The van der Waals surface area contributed by atoms with Crippen LogP contribution in [0.4, 0.5) is 0 Å². The Morgan fingerprint density at radius 3 is 0.923 bits per heavy atom. The Labute approximate surface area is 82.6 Å². The van der Waals surface area contributed by atoms with E-state index in [9.17, 15) is 0 Å². The molecule has 7 heteroatoms. The molecule has 0 aliphatic rings. The summed E-state index contributed by atoms with van der Waals surface area (Å²) in [6.45, 7) is 1.90. The molecular weight excluding hydrogens is 214 g/mol. The van der Waals surface area contributed by atoms with Crippen molar-refractivity contribution in [3.63, 3.8) is 0 Å². The highest BCUT2D eigenvalue weighted by molar-refractivity contribution is 7.46. The lowest BCUT2D eigenvalue weighted by atomic mass is 11.8. The van der Waals surface area contributed by atoms with Crippen molar-refractivity contribution < 1.29 is 22.6 Å². The maximum atomic E-state index is 4.74. The third-order valence-electron chi connectivity index (χ3n) is 0.961. The van der Waals surface area contributed by atoms with Gasteiger partial charge in [-0.1, -0.05) is 0 Å². The third-order valence-corrected chi connectivity index (χ3v) is 2.88. The maximum absolute atomic E-state index is 4.74. The van der Waals surface area contributed by atoms with E-state index in [0.29, 0.717) is 0 Å². The average Bonchev–Trinajstić information content (AvgIpc) is 2.20. The van der Waals surface area contributed by atoms with Gasteiger partial charge in [0.05, 0.1) is 0 Å². The van der Waals surface area contributed by atoms with Gasteiger partial charge >= 0.3 is 8.60 Å². The number of hydrogen-bond donors (Lipinski definition) is 0. The van der Waals surface area contributed by atoms with E-state index in [1.807, 2.05) is 6.66 Å².